The van der Waals surface area contributed by atoms with Crippen LogP contribution in [-0.2, 0) is 19.5 Å². The quantitative estimate of drug-likeness (QED) is 0.618. The molecule has 0 bridgehead atoms. The van der Waals surface area contributed by atoms with Crippen LogP contribution in [0.15, 0.2) is 23.0 Å². The molecule has 1 N–H and O–H groups in total. The van der Waals surface area contributed by atoms with Crippen molar-refractivity contribution in [2.45, 2.75) is 46.2 Å². The SMILES string of the molecule is CCOc1ccc(CN2CCc3nc(C(C)C)[nH]c(=O)c3C2)cc1[N+](=O)[O-]. The van der Waals surface area contributed by atoms with Gasteiger partial charge in [-0.15, -0.1) is 0 Å². The van der Waals surface area contributed by atoms with Crippen LogP contribution in [0.4, 0.5) is 5.69 Å². The van der Waals surface area contributed by atoms with Gasteiger partial charge in [0.2, 0.25) is 0 Å². The van der Waals surface area contributed by atoms with Gasteiger partial charge in [-0.05, 0) is 18.6 Å². The van der Waals surface area contributed by atoms with Gasteiger partial charge in [0, 0.05) is 38.0 Å². The summed E-state index contributed by atoms with van der Waals surface area (Å²) in [5, 5.41) is 11.3. The van der Waals surface area contributed by atoms with E-state index in [0.29, 0.717) is 37.5 Å². The zero-order chi connectivity index (χ0) is 19.6. The largest absolute Gasteiger partial charge is 0.487 e. The van der Waals surface area contributed by atoms with E-state index in [1.165, 1.54) is 0 Å². The molecule has 0 saturated carbocycles. The lowest BCUT2D eigenvalue weighted by Gasteiger charge is -2.28. The van der Waals surface area contributed by atoms with Crippen molar-refractivity contribution >= 4 is 5.69 Å². The molecule has 144 valence electrons. The van der Waals surface area contributed by atoms with Crippen LogP contribution in [0.1, 0.15) is 49.3 Å². The van der Waals surface area contributed by atoms with E-state index in [0.717, 1.165) is 17.8 Å². The van der Waals surface area contributed by atoms with Crippen LogP contribution in [0, 0.1) is 10.1 Å². The van der Waals surface area contributed by atoms with Gasteiger partial charge in [0.25, 0.3) is 5.56 Å². The third-order valence-corrected chi connectivity index (χ3v) is 4.64. The molecule has 0 amide bonds. The lowest BCUT2D eigenvalue weighted by Crippen LogP contribution is -2.36. The molecule has 0 spiro atoms. The Labute approximate surface area is 157 Å². The number of nitrogens with one attached hydrogen (secondary N) is 1. The van der Waals surface area contributed by atoms with Crippen molar-refractivity contribution in [1.29, 1.82) is 0 Å². The highest BCUT2D eigenvalue weighted by molar-refractivity contribution is 5.48. The highest BCUT2D eigenvalue weighted by atomic mass is 16.6. The van der Waals surface area contributed by atoms with E-state index in [4.69, 9.17) is 4.74 Å². The number of fused-ring (bicyclic) bond motifs is 1. The van der Waals surface area contributed by atoms with Crippen LogP contribution in [0.2, 0.25) is 0 Å². The molecule has 0 unspecified atom stereocenters. The van der Waals surface area contributed by atoms with Crippen LogP contribution in [0.25, 0.3) is 0 Å². The summed E-state index contributed by atoms with van der Waals surface area (Å²) in [6.07, 6.45) is 0.693. The van der Waals surface area contributed by atoms with E-state index in [1.54, 1.807) is 19.1 Å². The molecule has 1 aliphatic rings. The second kappa shape index (κ2) is 7.87. The fourth-order valence-electron chi connectivity index (χ4n) is 3.25. The van der Waals surface area contributed by atoms with Crippen molar-refractivity contribution in [2.24, 2.45) is 0 Å². The molecular weight excluding hydrogens is 348 g/mol. The molecule has 0 aliphatic carbocycles. The number of ether oxygens (including phenoxy) is 1. The summed E-state index contributed by atoms with van der Waals surface area (Å²) in [5.74, 6) is 1.16. The van der Waals surface area contributed by atoms with Crippen LogP contribution in [-0.4, -0.2) is 32.9 Å². The summed E-state index contributed by atoms with van der Waals surface area (Å²) < 4.78 is 5.33. The maximum absolute atomic E-state index is 12.4. The molecule has 2 heterocycles. The number of nitro benzene ring substituents is 1. The van der Waals surface area contributed by atoms with Crippen LogP contribution in [0.5, 0.6) is 5.75 Å². The Bertz CT molecular complexity index is 907. The van der Waals surface area contributed by atoms with Gasteiger partial charge in [-0.1, -0.05) is 19.9 Å². The Morgan fingerprint density at radius 2 is 2.19 bits per heavy atom. The molecular formula is C19H24N4O4. The third-order valence-electron chi connectivity index (χ3n) is 4.64. The van der Waals surface area contributed by atoms with Crippen molar-refractivity contribution < 1.29 is 9.66 Å². The minimum atomic E-state index is -0.429. The molecule has 1 aliphatic heterocycles. The molecule has 2 aromatic rings. The van der Waals surface area contributed by atoms with Gasteiger partial charge < -0.3 is 9.72 Å². The second-order valence-electron chi connectivity index (χ2n) is 6.98. The van der Waals surface area contributed by atoms with E-state index >= 15 is 0 Å². The van der Waals surface area contributed by atoms with Gasteiger partial charge in [0.15, 0.2) is 5.75 Å². The van der Waals surface area contributed by atoms with Crippen molar-refractivity contribution in [3.05, 3.63) is 61.3 Å². The first-order valence-electron chi connectivity index (χ1n) is 9.13. The first kappa shape index (κ1) is 19.0. The lowest BCUT2D eigenvalue weighted by molar-refractivity contribution is -0.385. The topological polar surface area (TPSA) is 101 Å². The number of nitro groups is 1. The summed E-state index contributed by atoms with van der Waals surface area (Å²) in [4.78, 5) is 32.9. The van der Waals surface area contributed by atoms with Crippen LogP contribution in [0.3, 0.4) is 0 Å². The first-order chi connectivity index (χ1) is 12.9. The minimum absolute atomic E-state index is 0.0344. The van der Waals surface area contributed by atoms with E-state index < -0.39 is 4.92 Å². The van der Waals surface area contributed by atoms with Crippen LogP contribution >= 0.6 is 0 Å². The van der Waals surface area contributed by atoms with Gasteiger partial charge in [0.05, 0.1) is 22.8 Å². The highest BCUT2D eigenvalue weighted by Crippen LogP contribution is 2.29. The molecule has 8 heteroatoms. The van der Waals surface area contributed by atoms with E-state index in [9.17, 15) is 14.9 Å². The molecule has 1 aromatic heterocycles. The lowest BCUT2D eigenvalue weighted by atomic mass is 10.0. The minimum Gasteiger partial charge on any atom is -0.487 e. The van der Waals surface area contributed by atoms with Crippen molar-refractivity contribution in [3.63, 3.8) is 0 Å². The Morgan fingerprint density at radius 1 is 1.41 bits per heavy atom. The Balaban J connectivity index is 1.80. The average molecular weight is 372 g/mol. The zero-order valence-electron chi connectivity index (χ0n) is 15.8. The van der Waals surface area contributed by atoms with Gasteiger partial charge in [-0.3, -0.25) is 19.8 Å². The predicted octanol–water partition coefficient (Wildman–Crippen LogP) is 2.76. The molecule has 8 nitrogen and oxygen atoms in total. The van der Waals surface area contributed by atoms with E-state index in [-0.39, 0.29) is 22.9 Å². The number of aromatic amines is 1. The Morgan fingerprint density at radius 3 is 2.85 bits per heavy atom. The maximum atomic E-state index is 12.4. The number of H-pyrrole nitrogens is 1. The number of hydrogen-bond acceptors (Lipinski definition) is 6. The molecule has 0 saturated heterocycles. The van der Waals surface area contributed by atoms with Gasteiger partial charge in [0.1, 0.15) is 5.82 Å². The summed E-state index contributed by atoms with van der Waals surface area (Å²) >= 11 is 0. The number of hydrogen-bond donors (Lipinski definition) is 1. The van der Waals surface area contributed by atoms with Crippen LogP contribution < -0.4 is 10.3 Å². The molecule has 3 rings (SSSR count). The van der Waals surface area contributed by atoms with E-state index in [2.05, 4.69) is 14.9 Å². The van der Waals surface area contributed by atoms with Gasteiger partial charge in [-0.2, -0.15) is 0 Å². The van der Waals surface area contributed by atoms with Gasteiger partial charge in [-0.25, -0.2) is 4.98 Å². The summed E-state index contributed by atoms with van der Waals surface area (Å²) in [6.45, 7) is 7.92. The molecule has 0 radical (unpaired) electrons. The van der Waals surface area contributed by atoms with Gasteiger partial charge >= 0.3 is 5.69 Å². The molecule has 0 fully saturated rings. The Hall–Kier alpha value is -2.74. The normalized spacial score (nSPS) is 14.2. The summed E-state index contributed by atoms with van der Waals surface area (Å²) in [5.41, 5.74) is 2.23. The second-order valence-corrected chi connectivity index (χ2v) is 6.98. The monoisotopic (exact) mass is 372 g/mol. The zero-order valence-corrected chi connectivity index (χ0v) is 15.8. The summed E-state index contributed by atoms with van der Waals surface area (Å²) in [6, 6.07) is 5.01. The number of benzene rings is 1. The highest BCUT2D eigenvalue weighted by Gasteiger charge is 2.23. The smallest absolute Gasteiger partial charge is 0.311 e. The fourth-order valence-corrected chi connectivity index (χ4v) is 3.25. The third kappa shape index (κ3) is 4.16. The number of rotatable bonds is 6. The first-order valence-corrected chi connectivity index (χ1v) is 9.13. The molecule has 27 heavy (non-hydrogen) atoms. The predicted molar refractivity (Wildman–Crippen MR) is 101 cm³/mol. The maximum Gasteiger partial charge on any atom is 0.311 e. The summed E-state index contributed by atoms with van der Waals surface area (Å²) in [7, 11) is 0. The molecule has 0 atom stereocenters. The fraction of sp³-hybridized carbons (Fsp3) is 0.474. The van der Waals surface area contributed by atoms with Crippen molar-refractivity contribution in [3.8, 4) is 5.75 Å². The number of aromatic nitrogens is 2. The van der Waals surface area contributed by atoms with Crippen molar-refractivity contribution in [2.75, 3.05) is 13.2 Å². The molecule has 1 aromatic carbocycles. The standard InChI is InChI=1S/C19H24N4O4/c1-4-27-17-6-5-13(9-16(17)23(25)26)10-22-8-7-15-14(11-22)19(24)21-18(20-15)12(2)3/h5-6,9,12H,4,7-8,10-11H2,1-3H3,(H,20,21,24). The van der Waals surface area contributed by atoms with Crippen molar-refractivity contribution in [1.82, 2.24) is 14.9 Å². The Kier molecular flexibility index (Phi) is 5.55. The number of nitrogens with zero attached hydrogens (tertiary/aromatic N) is 3. The van der Waals surface area contributed by atoms with E-state index in [1.807, 2.05) is 19.9 Å². The average Bonchev–Trinajstić information content (AvgIpc) is 2.63.